The number of aryl methyl sites for hydroxylation is 2. The van der Waals surface area contributed by atoms with Gasteiger partial charge in [0.05, 0.1) is 10.2 Å². The lowest BCUT2D eigenvalue weighted by Gasteiger charge is -2.34. The van der Waals surface area contributed by atoms with Gasteiger partial charge in [0, 0.05) is 44.3 Å². The standard InChI is InChI=1S/C23H27ClN4O2S/c1-16-3-4-17(2)22-21(16)26-23(31-22)28-13-11-27(12-14-28)10-9-25-20(29)15-30-19-7-5-18(24)6-8-19/h3-8H,9-15H2,1-2H3,(H,25,29). The molecule has 0 atom stereocenters. The van der Waals surface area contributed by atoms with Crippen LogP contribution >= 0.6 is 22.9 Å². The van der Waals surface area contributed by atoms with Gasteiger partial charge in [-0.05, 0) is 49.2 Å². The van der Waals surface area contributed by atoms with E-state index in [4.69, 9.17) is 21.3 Å². The third-order valence-corrected chi connectivity index (χ3v) is 7.01. The number of carbonyl (C=O) groups is 1. The number of hydrogen-bond donors (Lipinski definition) is 1. The fourth-order valence-corrected chi connectivity index (χ4v) is 4.92. The molecule has 3 aromatic rings. The van der Waals surface area contributed by atoms with Crippen LogP contribution in [0.5, 0.6) is 5.75 Å². The number of thiazole rings is 1. The van der Waals surface area contributed by atoms with E-state index in [9.17, 15) is 4.79 Å². The first-order valence-corrected chi connectivity index (χ1v) is 11.7. The molecule has 1 aliphatic heterocycles. The minimum Gasteiger partial charge on any atom is -0.484 e. The number of anilines is 1. The molecule has 6 nitrogen and oxygen atoms in total. The largest absolute Gasteiger partial charge is 0.484 e. The van der Waals surface area contributed by atoms with Crippen molar-refractivity contribution >= 4 is 44.2 Å². The van der Waals surface area contributed by atoms with E-state index in [1.807, 2.05) is 0 Å². The van der Waals surface area contributed by atoms with Gasteiger partial charge in [-0.3, -0.25) is 9.69 Å². The van der Waals surface area contributed by atoms with Crippen LogP contribution in [0.15, 0.2) is 36.4 Å². The van der Waals surface area contributed by atoms with Gasteiger partial charge in [-0.15, -0.1) is 0 Å². The Balaban J connectivity index is 1.19. The van der Waals surface area contributed by atoms with Gasteiger partial charge in [-0.25, -0.2) is 4.98 Å². The Kier molecular flexibility index (Phi) is 6.95. The van der Waals surface area contributed by atoms with Crippen molar-refractivity contribution in [2.45, 2.75) is 13.8 Å². The van der Waals surface area contributed by atoms with E-state index in [-0.39, 0.29) is 12.5 Å². The smallest absolute Gasteiger partial charge is 0.257 e. The summed E-state index contributed by atoms with van der Waals surface area (Å²) in [6, 6.07) is 11.3. The van der Waals surface area contributed by atoms with Crippen molar-refractivity contribution in [2.24, 2.45) is 0 Å². The summed E-state index contributed by atoms with van der Waals surface area (Å²) in [5.41, 5.74) is 3.65. The number of rotatable bonds is 7. The van der Waals surface area contributed by atoms with E-state index >= 15 is 0 Å². The van der Waals surface area contributed by atoms with Gasteiger partial charge in [0.2, 0.25) is 0 Å². The fraction of sp³-hybridized carbons (Fsp3) is 0.391. The van der Waals surface area contributed by atoms with Crippen LogP contribution in [0.25, 0.3) is 10.2 Å². The predicted octanol–water partition coefficient (Wildman–Crippen LogP) is 3.88. The minimum absolute atomic E-state index is 0.00580. The highest BCUT2D eigenvalue weighted by atomic mass is 35.5. The Morgan fingerprint density at radius 1 is 1.10 bits per heavy atom. The van der Waals surface area contributed by atoms with Crippen molar-refractivity contribution in [3.05, 3.63) is 52.5 Å². The van der Waals surface area contributed by atoms with E-state index in [0.29, 0.717) is 17.3 Å². The van der Waals surface area contributed by atoms with E-state index in [0.717, 1.165) is 43.4 Å². The van der Waals surface area contributed by atoms with Gasteiger partial charge < -0.3 is 15.0 Å². The van der Waals surface area contributed by atoms with Crippen LogP contribution in [-0.2, 0) is 4.79 Å². The first-order valence-electron chi connectivity index (χ1n) is 10.5. The highest BCUT2D eigenvalue weighted by Gasteiger charge is 2.20. The number of carbonyl (C=O) groups excluding carboxylic acids is 1. The van der Waals surface area contributed by atoms with Gasteiger partial charge in [-0.2, -0.15) is 0 Å². The van der Waals surface area contributed by atoms with Gasteiger partial charge in [0.25, 0.3) is 5.91 Å². The maximum Gasteiger partial charge on any atom is 0.257 e. The van der Waals surface area contributed by atoms with E-state index in [1.54, 1.807) is 35.6 Å². The lowest BCUT2D eigenvalue weighted by molar-refractivity contribution is -0.123. The van der Waals surface area contributed by atoms with E-state index in [1.165, 1.54) is 15.8 Å². The maximum absolute atomic E-state index is 12.0. The van der Waals surface area contributed by atoms with Gasteiger partial charge in [0.1, 0.15) is 5.75 Å². The number of amides is 1. The Hall–Kier alpha value is -2.35. The molecule has 0 spiro atoms. The van der Waals surface area contributed by atoms with Crippen LogP contribution < -0.4 is 15.0 Å². The molecule has 31 heavy (non-hydrogen) atoms. The second kappa shape index (κ2) is 9.85. The zero-order valence-corrected chi connectivity index (χ0v) is 19.4. The quantitative estimate of drug-likeness (QED) is 0.582. The summed E-state index contributed by atoms with van der Waals surface area (Å²) in [5.74, 6) is 0.518. The first-order chi connectivity index (χ1) is 15.0. The fourth-order valence-electron chi connectivity index (χ4n) is 3.63. The average molecular weight is 459 g/mol. The SMILES string of the molecule is Cc1ccc(C)c2sc(N3CCN(CCNC(=O)COc4ccc(Cl)cc4)CC3)nc12. The second-order valence-corrected chi connectivity index (χ2v) is 9.21. The molecule has 0 saturated carbocycles. The van der Waals surface area contributed by atoms with Crippen LogP contribution in [0, 0.1) is 13.8 Å². The first kappa shape index (κ1) is 21.9. The summed E-state index contributed by atoms with van der Waals surface area (Å²) >= 11 is 7.64. The molecule has 0 radical (unpaired) electrons. The molecule has 1 fully saturated rings. The van der Waals surface area contributed by atoms with Gasteiger partial charge in [-0.1, -0.05) is 35.1 Å². The number of halogens is 1. The molecule has 0 aliphatic carbocycles. The Bertz CT molecular complexity index is 1010. The highest BCUT2D eigenvalue weighted by Crippen LogP contribution is 2.33. The maximum atomic E-state index is 12.0. The number of ether oxygens (including phenoxy) is 1. The molecule has 1 aliphatic rings. The van der Waals surface area contributed by atoms with Crippen LogP contribution in [0.4, 0.5) is 5.13 Å². The zero-order chi connectivity index (χ0) is 21.8. The molecular weight excluding hydrogens is 432 g/mol. The molecule has 0 unspecified atom stereocenters. The number of fused-ring (bicyclic) bond motifs is 1. The van der Waals surface area contributed by atoms with Crippen molar-refractivity contribution in [3.8, 4) is 5.75 Å². The molecule has 2 heterocycles. The Labute approximate surface area is 191 Å². The van der Waals surface area contributed by atoms with Crippen molar-refractivity contribution in [1.29, 1.82) is 0 Å². The summed E-state index contributed by atoms with van der Waals surface area (Å²) < 4.78 is 6.77. The lowest BCUT2D eigenvalue weighted by Crippen LogP contribution is -2.48. The van der Waals surface area contributed by atoms with Crippen LogP contribution in [0.3, 0.4) is 0 Å². The predicted molar refractivity (Wildman–Crippen MR) is 128 cm³/mol. The average Bonchev–Trinajstić information content (AvgIpc) is 3.23. The molecule has 0 bridgehead atoms. The molecule has 1 amide bonds. The minimum atomic E-state index is -0.117. The summed E-state index contributed by atoms with van der Waals surface area (Å²) in [7, 11) is 0. The number of aromatic nitrogens is 1. The Morgan fingerprint density at radius 3 is 2.52 bits per heavy atom. The molecule has 2 aromatic carbocycles. The van der Waals surface area contributed by atoms with Crippen LogP contribution in [0.2, 0.25) is 5.02 Å². The molecule has 164 valence electrons. The lowest BCUT2D eigenvalue weighted by atomic mass is 10.1. The van der Waals surface area contributed by atoms with Crippen molar-refractivity contribution in [1.82, 2.24) is 15.2 Å². The number of hydrogen-bond acceptors (Lipinski definition) is 6. The van der Waals surface area contributed by atoms with E-state index < -0.39 is 0 Å². The molecule has 4 rings (SSSR count). The van der Waals surface area contributed by atoms with Gasteiger partial charge in [0.15, 0.2) is 11.7 Å². The van der Waals surface area contributed by atoms with Crippen LogP contribution in [0.1, 0.15) is 11.1 Å². The molecule has 1 aromatic heterocycles. The number of nitrogens with one attached hydrogen (secondary N) is 1. The summed E-state index contributed by atoms with van der Waals surface area (Å²) in [4.78, 5) is 21.7. The molecule has 1 saturated heterocycles. The van der Waals surface area contributed by atoms with Crippen LogP contribution in [-0.4, -0.2) is 61.7 Å². The van der Waals surface area contributed by atoms with Crippen molar-refractivity contribution in [2.75, 3.05) is 50.8 Å². The normalized spacial score (nSPS) is 14.7. The van der Waals surface area contributed by atoms with Crippen molar-refractivity contribution < 1.29 is 9.53 Å². The second-order valence-electron chi connectivity index (χ2n) is 7.79. The molecular formula is C23H27ClN4O2S. The van der Waals surface area contributed by atoms with E-state index in [2.05, 4.69) is 41.1 Å². The summed E-state index contributed by atoms with van der Waals surface area (Å²) in [6.45, 7) is 9.55. The van der Waals surface area contributed by atoms with Crippen molar-refractivity contribution in [3.63, 3.8) is 0 Å². The number of piperazine rings is 1. The number of benzene rings is 2. The third-order valence-electron chi connectivity index (χ3n) is 5.51. The van der Waals surface area contributed by atoms with Gasteiger partial charge >= 0.3 is 0 Å². The highest BCUT2D eigenvalue weighted by molar-refractivity contribution is 7.22. The topological polar surface area (TPSA) is 57.7 Å². The number of nitrogens with zero attached hydrogens (tertiary/aromatic N) is 3. The zero-order valence-electron chi connectivity index (χ0n) is 17.9. The summed E-state index contributed by atoms with van der Waals surface area (Å²) in [6.07, 6.45) is 0. The molecule has 8 heteroatoms. The molecule has 1 N–H and O–H groups in total. The monoisotopic (exact) mass is 458 g/mol. The third kappa shape index (κ3) is 5.47. The Morgan fingerprint density at radius 2 is 1.81 bits per heavy atom. The summed E-state index contributed by atoms with van der Waals surface area (Å²) in [5, 5.41) is 4.68.